The fourth-order valence-electron chi connectivity index (χ4n) is 3.19. The van der Waals surface area contributed by atoms with Crippen molar-refractivity contribution in [2.24, 2.45) is 0 Å². The Morgan fingerprint density at radius 1 is 1.07 bits per heavy atom. The minimum Gasteiger partial charge on any atom is -0.489 e. The van der Waals surface area contributed by atoms with Crippen molar-refractivity contribution in [3.63, 3.8) is 0 Å². The molecule has 0 saturated carbocycles. The van der Waals surface area contributed by atoms with Crippen molar-refractivity contribution in [1.82, 2.24) is 9.97 Å². The van der Waals surface area contributed by atoms with Crippen LogP contribution in [0, 0.1) is 6.92 Å². The smallest absolute Gasteiger partial charge is 0.359 e. The molecule has 0 bridgehead atoms. The molecular weight excluding hydrogens is 370 g/mol. The number of aryl methyl sites for hydroxylation is 1. The molecule has 4 rings (SSSR count). The Morgan fingerprint density at radius 2 is 1.83 bits per heavy atom. The Labute approximate surface area is 167 Å². The molecule has 0 saturated heterocycles. The van der Waals surface area contributed by atoms with Crippen LogP contribution in [-0.2, 0) is 9.53 Å². The van der Waals surface area contributed by atoms with Gasteiger partial charge in [0.15, 0.2) is 12.3 Å². The number of aromatic nitrogens is 2. The van der Waals surface area contributed by atoms with Gasteiger partial charge in [-0.2, -0.15) is 0 Å². The first-order valence-electron chi connectivity index (χ1n) is 9.18. The van der Waals surface area contributed by atoms with Gasteiger partial charge in [0, 0.05) is 6.20 Å². The van der Waals surface area contributed by atoms with E-state index in [0.29, 0.717) is 23.7 Å². The molecule has 0 unspecified atom stereocenters. The van der Waals surface area contributed by atoms with Crippen LogP contribution in [0.3, 0.4) is 0 Å². The first-order valence-corrected chi connectivity index (χ1v) is 9.18. The minimum absolute atomic E-state index is 0.0605. The molecule has 0 fully saturated rings. The molecule has 2 aromatic carbocycles. The van der Waals surface area contributed by atoms with Crippen LogP contribution < -0.4 is 9.64 Å². The number of hydrogen-bond donors (Lipinski definition) is 0. The maximum Gasteiger partial charge on any atom is 0.359 e. The van der Waals surface area contributed by atoms with E-state index in [1.807, 2.05) is 54.6 Å². The van der Waals surface area contributed by atoms with Crippen molar-refractivity contribution in [1.29, 1.82) is 0 Å². The SMILES string of the molecule is Cc1cnc(C(=O)OCC(=O)N2c3ccccc3OC[C@H]2c2ccccc2)cn1. The predicted octanol–water partition coefficient (Wildman–Crippen LogP) is 3.11. The lowest BCUT2D eigenvalue weighted by Crippen LogP contribution is -2.43. The summed E-state index contributed by atoms with van der Waals surface area (Å²) >= 11 is 0. The molecule has 3 aromatic rings. The molecule has 29 heavy (non-hydrogen) atoms. The predicted molar refractivity (Wildman–Crippen MR) is 106 cm³/mol. The monoisotopic (exact) mass is 389 g/mol. The number of carbonyl (C=O) groups excluding carboxylic acids is 2. The van der Waals surface area contributed by atoms with Gasteiger partial charge >= 0.3 is 5.97 Å². The quantitative estimate of drug-likeness (QED) is 0.638. The zero-order valence-corrected chi connectivity index (χ0v) is 15.8. The normalized spacial score (nSPS) is 15.2. The maximum absolute atomic E-state index is 13.1. The van der Waals surface area contributed by atoms with Gasteiger partial charge in [-0.15, -0.1) is 0 Å². The first-order chi connectivity index (χ1) is 14.1. The number of benzene rings is 2. The first kappa shape index (κ1) is 18.6. The summed E-state index contributed by atoms with van der Waals surface area (Å²) < 4.78 is 11.1. The topological polar surface area (TPSA) is 81.6 Å². The van der Waals surface area contributed by atoms with Gasteiger partial charge in [-0.05, 0) is 24.6 Å². The lowest BCUT2D eigenvalue weighted by Gasteiger charge is -2.37. The number of fused-ring (bicyclic) bond motifs is 1. The van der Waals surface area contributed by atoms with Gasteiger partial charge in [-0.25, -0.2) is 9.78 Å². The maximum atomic E-state index is 13.1. The number of ether oxygens (including phenoxy) is 2. The molecule has 7 nitrogen and oxygen atoms in total. The van der Waals surface area contributed by atoms with Crippen molar-refractivity contribution in [3.05, 3.63) is 83.9 Å². The number of rotatable bonds is 4. The summed E-state index contributed by atoms with van der Waals surface area (Å²) in [6.45, 7) is 1.67. The van der Waals surface area contributed by atoms with E-state index in [2.05, 4.69) is 9.97 Å². The summed E-state index contributed by atoms with van der Waals surface area (Å²) in [5.41, 5.74) is 2.33. The lowest BCUT2D eigenvalue weighted by molar-refractivity contribution is -0.122. The second kappa shape index (κ2) is 8.10. The van der Waals surface area contributed by atoms with Crippen molar-refractivity contribution < 1.29 is 19.1 Å². The van der Waals surface area contributed by atoms with Crippen LogP contribution in [0.15, 0.2) is 67.0 Å². The van der Waals surface area contributed by atoms with Gasteiger partial charge in [-0.3, -0.25) is 14.7 Å². The lowest BCUT2D eigenvalue weighted by atomic mass is 10.0. The summed E-state index contributed by atoms with van der Waals surface area (Å²) in [6, 6.07) is 16.6. The molecule has 2 heterocycles. The highest BCUT2D eigenvalue weighted by Gasteiger charge is 2.33. The Morgan fingerprint density at radius 3 is 2.59 bits per heavy atom. The fraction of sp³-hybridized carbons (Fsp3) is 0.182. The molecule has 0 radical (unpaired) electrons. The van der Waals surface area contributed by atoms with Gasteiger partial charge < -0.3 is 9.47 Å². The van der Waals surface area contributed by atoms with E-state index >= 15 is 0 Å². The van der Waals surface area contributed by atoms with E-state index in [0.717, 1.165) is 5.56 Å². The molecule has 146 valence electrons. The van der Waals surface area contributed by atoms with E-state index in [1.165, 1.54) is 12.4 Å². The summed E-state index contributed by atoms with van der Waals surface area (Å²) in [5.74, 6) is -0.421. The summed E-state index contributed by atoms with van der Waals surface area (Å²) in [6.07, 6.45) is 2.81. The Balaban J connectivity index is 1.56. The molecule has 0 aliphatic carbocycles. The third-order valence-electron chi connectivity index (χ3n) is 4.60. The second-order valence-corrected chi connectivity index (χ2v) is 6.59. The molecule has 1 aromatic heterocycles. The Kier molecular flexibility index (Phi) is 5.20. The zero-order valence-electron chi connectivity index (χ0n) is 15.8. The molecule has 1 atom stereocenters. The number of carbonyl (C=O) groups is 2. The van der Waals surface area contributed by atoms with Crippen LogP contribution in [-0.4, -0.2) is 35.1 Å². The third kappa shape index (κ3) is 3.94. The number of nitrogens with zero attached hydrogens (tertiary/aromatic N) is 3. The number of anilines is 1. The van der Waals surface area contributed by atoms with Crippen LogP contribution in [0.1, 0.15) is 27.8 Å². The highest BCUT2D eigenvalue weighted by molar-refractivity contribution is 5.98. The average molecular weight is 389 g/mol. The van der Waals surface area contributed by atoms with Crippen molar-refractivity contribution in [2.45, 2.75) is 13.0 Å². The number of para-hydroxylation sites is 2. The highest BCUT2D eigenvalue weighted by atomic mass is 16.5. The van der Waals surface area contributed by atoms with Gasteiger partial charge in [0.05, 0.1) is 23.6 Å². The van der Waals surface area contributed by atoms with Crippen molar-refractivity contribution in [2.75, 3.05) is 18.1 Å². The largest absolute Gasteiger partial charge is 0.489 e. The highest BCUT2D eigenvalue weighted by Crippen LogP contribution is 2.39. The molecular formula is C22H19N3O4. The van der Waals surface area contributed by atoms with E-state index < -0.39 is 12.6 Å². The molecule has 1 aliphatic rings. The number of amides is 1. The van der Waals surface area contributed by atoms with E-state index in [-0.39, 0.29) is 17.6 Å². The summed E-state index contributed by atoms with van der Waals surface area (Å²) in [5, 5.41) is 0. The van der Waals surface area contributed by atoms with Crippen LogP contribution >= 0.6 is 0 Å². The number of hydrogen-bond acceptors (Lipinski definition) is 6. The summed E-state index contributed by atoms with van der Waals surface area (Å²) in [7, 11) is 0. The molecule has 1 amide bonds. The number of esters is 1. The van der Waals surface area contributed by atoms with Gasteiger partial charge in [0.25, 0.3) is 5.91 Å². The van der Waals surface area contributed by atoms with E-state index in [4.69, 9.17) is 9.47 Å². The zero-order chi connectivity index (χ0) is 20.2. The van der Waals surface area contributed by atoms with Gasteiger partial charge in [0.2, 0.25) is 0 Å². The van der Waals surface area contributed by atoms with Crippen LogP contribution in [0.4, 0.5) is 5.69 Å². The second-order valence-electron chi connectivity index (χ2n) is 6.59. The minimum atomic E-state index is -0.691. The molecule has 1 aliphatic heterocycles. The van der Waals surface area contributed by atoms with Gasteiger partial charge in [-0.1, -0.05) is 42.5 Å². The molecule has 0 N–H and O–H groups in total. The fourth-order valence-corrected chi connectivity index (χ4v) is 3.19. The van der Waals surface area contributed by atoms with Crippen molar-refractivity contribution >= 4 is 17.6 Å². The van der Waals surface area contributed by atoms with E-state index in [9.17, 15) is 9.59 Å². The third-order valence-corrected chi connectivity index (χ3v) is 4.60. The van der Waals surface area contributed by atoms with Gasteiger partial charge in [0.1, 0.15) is 12.4 Å². The summed E-state index contributed by atoms with van der Waals surface area (Å²) in [4.78, 5) is 34.9. The standard InChI is InChI=1S/C22H19N3O4/c1-15-11-24-17(12-23-15)22(27)29-14-21(26)25-18-9-5-6-10-20(18)28-13-19(25)16-7-3-2-4-8-16/h2-12,19H,13-14H2,1H3/t19-/m0/s1. The van der Waals surface area contributed by atoms with Crippen LogP contribution in [0.5, 0.6) is 5.75 Å². The van der Waals surface area contributed by atoms with Crippen LogP contribution in [0.25, 0.3) is 0 Å². The Bertz CT molecular complexity index is 1020. The van der Waals surface area contributed by atoms with E-state index in [1.54, 1.807) is 11.8 Å². The Hall–Kier alpha value is -3.74. The molecule has 0 spiro atoms. The van der Waals surface area contributed by atoms with Crippen molar-refractivity contribution in [3.8, 4) is 5.75 Å². The van der Waals surface area contributed by atoms with Crippen LogP contribution in [0.2, 0.25) is 0 Å². The molecule has 7 heteroatoms. The average Bonchev–Trinajstić information content (AvgIpc) is 2.77.